The fourth-order valence-electron chi connectivity index (χ4n) is 7.99. The Kier molecular flexibility index (Phi) is 7.97. The molecule has 0 radical (unpaired) electrons. The molecule has 3 aromatic heterocycles. The van der Waals surface area contributed by atoms with Gasteiger partial charge in [-0.05, 0) is 89.0 Å². The lowest BCUT2D eigenvalue weighted by Gasteiger charge is -2.25. The molecule has 268 valence electrons. The van der Waals surface area contributed by atoms with Crippen molar-refractivity contribution >= 4 is 70.6 Å². The molecule has 5 heteroatoms. The zero-order valence-corrected chi connectivity index (χ0v) is 31.5. The SMILES string of the molecule is c1ccc(-c2nc(-c3cccc(-c4cc(-c5ccc(N(c6ccccc6)c6ccccc6)cc5)cc5oc6ccccc6c45)c3)nc3c2sc2ccccc23)cc1. The van der Waals surface area contributed by atoms with Crippen LogP contribution < -0.4 is 4.90 Å². The molecule has 0 N–H and O–H groups in total. The first kappa shape index (κ1) is 33.0. The van der Waals surface area contributed by atoms with Gasteiger partial charge in [-0.25, -0.2) is 9.97 Å². The van der Waals surface area contributed by atoms with E-state index >= 15 is 0 Å². The van der Waals surface area contributed by atoms with Gasteiger partial charge < -0.3 is 9.32 Å². The molecular weight excluding hydrogens is 715 g/mol. The number of anilines is 3. The van der Waals surface area contributed by atoms with Gasteiger partial charge in [0, 0.05) is 49.0 Å². The fourth-order valence-corrected chi connectivity index (χ4v) is 9.14. The van der Waals surface area contributed by atoms with E-state index in [1.807, 2.05) is 18.2 Å². The van der Waals surface area contributed by atoms with E-state index < -0.39 is 0 Å². The summed E-state index contributed by atoms with van der Waals surface area (Å²) in [5, 5.41) is 3.33. The van der Waals surface area contributed by atoms with Crippen molar-refractivity contribution in [1.82, 2.24) is 9.97 Å². The molecule has 0 bridgehead atoms. The number of nitrogens with zero attached hydrogens (tertiary/aromatic N) is 3. The summed E-state index contributed by atoms with van der Waals surface area (Å²) in [7, 11) is 0. The third-order valence-electron chi connectivity index (χ3n) is 10.7. The standard InChI is InChI=1S/C52H33N3OS/c1-4-15-35(16-5-1)49-51-50(43-24-11-13-26-47(43)57-51)54-52(53-49)37-18-14-17-36(31-37)44-32-38(33-46-48(44)42-23-10-12-25-45(42)56-46)34-27-29-41(30-28-34)55(39-19-6-2-7-20-39)40-21-8-3-9-22-40/h1-33H. The summed E-state index contributed by atoms with van der Waals surface area (Å²) in [6.45, 7) is 0. The normalized spacial score (nSPS) is 11.5. The van der Waals surface area contributed by atoms with Crippen LogP contribution in [-0.4, -0.2) is 9.97 Å². The second-order valence-corrected chi connectivity index (χ2v) is 15.2. The molecule has 11 rings (SSSR count). The number of aromatic nitrogens is 2. The molecule has 0 aliphatic rings. The first-order valence-corrected chi connectivity index (χ1v) is 19.9. The second kappa shape index (κ2) is 13.7. The van der Waals surface area contributed by atoms with Crippen LogP contribution in [0.1, 0.15) is 0 Å². The highest BCUT2D eigenvalue weighted by atomic mass is 32.1. The Morgan fingerprint density at radius 2 is 1.04 bits per heavy atom. The highest BCUT2D eigenvalue weighted by molar-refractivity contribution is 7.26. The quantitative estimate of drug-likeness (QED) is 0.163. The maximum Gasteiger partial charge on any atom is 0.160 e. The van der Waals surface area contributed by atoms with Crippen molar-refractivity contribution in [1.29, 1.82) is 0 Å². The van der Waals surface area contributed by atoms with Gasteiger partial charge in [0.1, 0.15) is 11.2 Å². The zero-order chi connectivity index (χ0) is 37.7. The summed E-state index contributed by atoms with van der Waals surface area (Å²) in [6, 6.07) is 70.2. The van der Waals surface area contributed by atoms with Gasteiger partial charge >= 0.3 is 0 Å². The number of furan rings is 1. The van der Waals surface area contributed by atoms with Crippen molar-refractivity contribution in [2.45, 2.75) is 0 Å². The molecule has 57 heavy (non-hydrogen) atoms. The van der Waals surface area contributed by atoms with E-state index in [1.165, 1.54) is 4.70 Å². The average Bonchev–Trinajstić information content (AvgIpc) is 3.86. The number of hydrogen-bond acceptors (Lipinski definition) is 5. The number of thiophene rings is 1. The summed E-state index contributed by atoms with van der Waals surface area (Å²) in [6.07, 6.45) is 0. The third kappa shape index (κ3) is 5.84. The van der Waals surface area contributed by atoms with Gasteiger partial charge in [-0.2, -0.15) is 0 Å². The summed E-state index contributed by atoms with van der Waals surface area (Å²) < 4.78 is 8.89. The molecule has 8 aromatic carbocycles. The number of fused-ring (bicyclic) bond motifs is 6. The second-order valence-electron chi connectivity index (χ2n) is 14.2. The van der Waals surface area contributed by atoms with Crippen LogP contribution in [0.3, 0.4) is 0 Å². The number of rotatable bonds is 7. The van der Waals surface area contributed by atoms with Crippen LogP contribution >= 0.6 is 11.3 Å². The topological polar surface area (TPSA) is 42.2 Å². The van der Waals surface area contributed by atoms with E-state index in [0.29, 0.717) is 5.82 Å². The van der Waals surface area contributed by atoms with Crippen LogP contribution in [0.5, 0.6) is 0 Å². The molecule has 11 aromatic rings. The molecule has 0 spiro atoms. The van der Waals surface area contributed by atoms with Gasteiger partial charge in [0.2, 0.25) is 0 Å². The van der Waals surface area contributed by atoms with Gasteiger partial charge in [-0.15, -0.1) is 11.3 Å². The molecule has 0 unspecified atom stereocenters. The van der Waals surface area contributed by atoms with Crippen LogP contribution in [0.15, 0.2) is 205 Å². The molecule has 0 amide bonds. The van der Waals surface area contributed by atoms with Crippen LogP contribution in [0, 0.1) is 0 Å². The first-order chi connectivity index (χ1) is 28.2. The third-order valence-corrected chi connectivity index (χ3v) is 11.8. The highest BCUT2D eigenvalue weighted by Crippen LogP contribution is 2.43. The predicted octanol–water partition coefficient (Wildman–Crippen LogP) is 14.9. The van der Waals surface area contributed by atoms with Crippen LogP contribution in [-0.2, 0) is 0 Å². The van der Waals surface area contributed by atoms with Crippen LogP contribution in [0.25, 0.3) is 87.1 Å². The predicted molar refractivity (Wildman–Crippen MR) is 239 cm³/mol. The minimum atomic E-state index is 0.702. The van der Waals surface area contributed by atoms with E-state index in [2.05, 4.69) is 187 Å². The first-order valence-electron chi connectivity index (χ1n) is 19.1. The molecule has 0 fully saturated rings. The minimum absolute atomic E-state index is 0.702. The van der Waals surface area contributed by atoms with Gasteiger partial charge in [0.15, 0.2) is 5.82 Å². The number of para-hydroxylation sites is 3. The zero-order valence-electron chi connectivity index (χ0n) is 30.7. The largest absolute Gasteiger partial charge is 0.456 e. The van der Waals surface area contributed by atoms with Crippen molar-refractivity contribution in [3.8, 4) is 44.9 Å². The molecule has 3 heterocycles. The van der Waals surface area contributed by atoms with E-state index in [4.69, 9.17) is 14.4 Å². The van der Waals surface area contributed by atoms with E-state index in [-0.39, 0.29) is 0 Å². The van der Waals surface area contributed by atoms with Crippen LogP contribution in [0.4, 0.5) is 17.1 Å². The van der Waals surface area contributed by atoms with Gasteiger partial charge in [0.05, 0.1) is 15.9 Å². The van der Waals surface area contributed by atoms with Gasteiger partial charge in [-0.1, -0.05) is 133 Å². The maximum atomic E-state index is 6.58. The summed E-state index contributed by atoms with van der Waals surface area (Å²) in [4.78, 5) is 12.8. The Hall–Kier alpha value is -7.34. The lowest BCUT2D eigenvalue weighted by atomic mass is 9.93. The number of hydrogen-bond donors (Lipinski definition) is 0. The Labute approximate surface area is 333 Å². The molecule has 0 saturated heterocycles. The molecule has 4 nitrogen and oxygen atoms in total. The molecular formula is C52H33N3OS. The number of benzene rings is 8. The van der Waals surface area contributed by atoms with E-state index in [1.54, 1.807) is 11.3 Å². The Balaban J connectivity index is 1.06. The van der Waals surface area contributed by atoms with Crippen LogP contribution in [0.2, 0.25) is 0 Å². The van der Waals surface area contributed by atoms with E-state index in [9.17, 15) is 0 Å². The summed E-state index contributed by atoms with van der Waals surface area (Å²) >= 11 is 1.75. The molecule has 0 saturated carbocycles. The van der Waals surface area contributed by atoms with Gasteiger partial charge in [0.25, 0.3) is 0 Å². The van der Waals surface area contributed by atoms with Crippen molar-refractivity contribution in [2.24, 2.45) is 0 Å². The molecule has 0 aliphatic carbocycles. The fraction of sp³-hybridized carbons (Fsp3) is 0. The van der Waals surface area contributed by atoms with Crippen molar-refractivity contribution < 1.29 is 4.42 Å². The Morgan fingerprint density at radius 1 is 0.421 bits per heavy atom. The van der Waals surface area contributed by atoms with Crippen molar-refractivity contribution in [3.63, 3.8) is 0 Å². The van der Waals surface area contributed by atoms with Crippen molar-refractivity contribution in [3.05, 3.63) is 200 Å². The maximum absolute atomic E-state index is 6.58. The van der Waals surface area contributed by atoms with E-state index in [0.717, 1.165) is 93.7 Å². The monoisotopic (exact) mass is 747 g/mol. The Morgan fingerprint density at radius 3 is 1.79 bits per heavy atom. The lowest BCUT2D eigenvalue weighted by molar-refractivity contribution is 0.669. The molecule has 0 atom stereocenters. The lowest BCUT2D eigenvalue weighted by Crippen LogP contribution is -2.09. The molecule has 0 aliphatic heterocycles. The summed E-state index contributed by atoms with van der Waals surface area (Å²) in [5.41, 5.74) is 13.3. The summed E-state index contributed by atoms with van der Waals surface area (Å²) in [5.74, 6) is 0.702. The minimum Gasteiger partial charge on any atom is -0.456 e. The average molecular weight is 748 g/mol. The van der Waals surface area contributed by atoms with Crippen molar-refractivity contribution in [2.75, 3.05) is 4.90 Å². The Bertz CT molecular complexity index is 3190. The highest BCUT2D eigenvalue weighted by Gasteiger charge is 2.20. The smallest absolute Gasteiger partial charge is 0.160 e. The van der Waals surface area contributed by atoms with Gasteiger partial charge in [-0.3, -0.25) is 0 Å².